The summed E-state index contributed by atoms with van der Waals surface area (Å²) in [7, 11) is 0. The van der Waals surface area contributed by atoms with Crippen molar-refractivity contribution in [2.24, 2.45) is 0 Å². The Labute approximate surface area is 180 Å². The van der Waals surface area contributed by atoms with Gasteiger partial charge in [-0.15, -0.1) is 0 Å². The summed E-state index contributed by atoms with van der Waals surface area (Å²) in [6.07, 6.45) is 2.51. The van der Waals surface area contributed by atoms with Crippen LogP contribution in [0.5, 0.6) is 11.5 Å². The summed E-state index contributed by atoms with van der Waals surface area (Å²) in [4.78, 5) is 32.5. The summed E-state index contributed by atoms with van der Waals surface area (Å²) in [6, 6.07) is 15.5. The molecule has 2 amide bonds. The number of amides is 2. The molecule has 0 saturated carbocycles. The van der Waals surface area contributed by atoms with Gasteiger partial charge in [0.15, 0.2) is 11.5 Å². The third-order valence-corrected chi connectivity index (χ3v) is 6.01. The number of nitrogens with zero attached hydrogens (tertiary/aromatic N) is 2. The van der Waals surface area contributed by atoms with Crippen molar-refractivity contribution in [3.05, 3.63) is 60.3 Å². The van der Waals surface area contributed by atoms with Crippen LogP contribution in [0.2, 0.25) is 0 Å². The fraction of sp³-hybridized carbons (Fsp3) is 0.333. The first-order valence-corrected chi connectivity index (χ1v) is 10.7. The molecular formula is C24H25N3O4. The molecule has 2 aliphatic heterocycles. The van der Waals surface area contributed by atoms with Crippen LogP contribution in [0.15, 0.2) is 54.7 Å². The third-order valence-electron chi connectivity index (χ3n) is 6.01. The van der Waals surface area contributed by atoms with Gasteiger partial charge in [-0.25, -0.2) is 0 Å². The second-order valence-corrected chi connectivity index (χ2v) is 7.93. The zero-order chi connectivity index (χ0) is 21.2. The minimum absolute atomic E-state index is 0.0830. The number of hydrogen-bond acceptors (Lipinski definition) is 4. The standard InChI is InChI=1S/C24H25N3O4/c28-23(10-9-17-15-25-19-6-2-1-5-18(17)19)26-11-13-27(14-12-26)24(29)22-16-30-20-7-3-4-8-21(20)31-22/h1-8,15,22,25H,9-14,16H2/t22-/m0/s1. The molecule has 3 heterocycles. The van der Waals surface area contributed by atoms with Crippen molar-refractivity contribution in [1.82, 2.24) is 14.8 Å². The average Bonchev–Trinajstić information content (AvgIpc) is 3.25. The minimum atomic E-state index is -0.640. The number of aryl methyl sites for hydroxylation is 1. The predicted molar refractivity (Wildman–Crippen MR) is 116 cm³/mol. The first kappa shape index (κ1) is 19.5. The molecule has 0 spiro atoms. The van der Waals surface area contributed by atoms with Crippen LogP contribution in [0, 0.1) is 0 Å². The zero-order valence-electron chi connectivity index (χ0n) is 17.3. The van der Waals surface area contributed by atoms with E-state index < -0.39 is 6.10 Å². The number of nitrogens with one attached hydrogen (secondary N) is 1. The summed E-state index contributed by atoms with van der Waals surface area (Å²) >= 11 is 0. The number of carbonyl (C=O) groups is 2. The van der Waals surface area contributed by atoms with Crippen molar-refractivity contribution < 1.29 is 19.1 Å². The van der Waals surface area contributed by atoms with Gasteiger partial charge in [0, 0.05) is 49.7 Å². The van der Waals surface area contributed by atoms with E-state index in [0.29, 0.717) is 50.5 Å². The van der Waals surface area contributed by atoms with Crippen LogP contribution in [0.1, 0.15) is 12.0 Å². The van der Waals surface area contributed by atoms with Crippen molar-refractivity contribution >= 4 is 22.7 Å². The average molecular weight is 419 g/mol. The lowest BCUT2D eigenvalue weighted by atomic mass is 10.1. The Morgan fingerprint density at radius 3 is 2.48 bits per heavy atom. The zero-order valence-corrected chi connectivity index (χ0v) is 17.3. The van der Waals surface area contributed by atoms with Crippen molar-refractivity contribution in [2.45, 2.75) is 18.9 Å². The van der Waals surface area contributed by atoms with E-state index >= 15 is 0 Å². The monoisotopic (exact) mass is 419 g/mol. The van der Waals surface area contributed by atoms with Crippen molar-refractivity contribution in [3.8, 4) is 11.5 Å². The maximum absolute atomic E-state index is 12.9. The Kier molecular flexibility index (Phi) is 5.24. The summed E-state index contributed by atoms with van der Waals surface area (Å²) < 4.78 is 11.5. The van der Waals surface area contributed by atoms with Crippen LogP contribution in [-0.4, -0.2) is 65.5 Å². The summed E-state index contributed by atoms with van der Waals surface area (Å²) in [6.45, 7) is 2.32. The number of aromatic amines is 1. The van der Waals surface area contributed by atoms with Gasteiger partial charge < -0.3 is 24.3 Å². The second-order valence-electron chi connectivity index (χ2n) is 7.93. The van der Waals surface area contributed by atoms with Gasteiger partial charge in [-0.2, -0.15) is 0 Å². The molecule has 0 unspecified atom stereocenters. The van der Waals surface area contributed by atoms with E-state index in [1.54, 1.807) is 11.0 Å². The highest BCUT2D eigenvalue weighted by molar-refractivity contribution is 5.85. The van der Waals surface area contributed by atoms with Crippen molar-refractivity contribution in [1.29, 1.82) is 0 Å². The van der Waals surface area contributed by atoms with Crippen LogP contribution in [0.3, 0.4) is 0 Å². The summed E-state index contributed by atoms with van der Waals surface area (Å²) in [5.41, 5.74) is 2.25. The highest BCUT2D eigenvalue weighted by Gasteiger charge is 2.33. The Hall–Kier alpha value is -3.48. The summed E-state index contributed by atoms with van der Waals surface area (Å²) in [5.74, 6) is 1.30. The van der Waals surface area contributed by atoms with Crippen LogP contribution in [-0.2, 0) is 16.0 Å². The van der Waals surface area contributed by atoms with Crippen LogP contribution in [0.4, 0.5) is 0 Å². The van der Waals surface area contributed by atoms with Gasteiger partial charge >= 0.3 is 0 Å². The molecule has 1 atom stereocenters. The number of hydrogen-bond donors (Lipinski definition) is 1. The Balaban J connectivity index is 1.12. The SMILES string of the molecule is O=C(CCc1c[nH]c2ccccc12)N1CCN(C(=O)[C@@H]2COc3ccccc3O2)CC1. The number of para-hydroxylation sites is 3. The Morgan fingerprint density at radius 1 is 0.935 bits per heavy atom. The maximum atomic E-state index is 12.9. The molecule has 0 bridgehead atoms. The lowest BCUT2D eigenvalue weighted by molar-refractivity contribution is -0.146. The van der Waals surface area contributed by atoms with Gasteiger partial charge in [0.1, 0.15) is 6.61 Å². The highest BCUT2D eigenvalue weighted by atomic mass is 16.6. The maximum Gasteiger partial charge on any atom is 0.267 e. The number of rotatable bonds is 4. The van der Waals surface area contributed by atoms with E-state index in [2.05, 4.69) is 11.1 Å². The molecule has 0 radical (unpaired) electrons. The number of fused-ring (bicyclic) bond motifs is 2. The van der Waals surface area contributed by atoms with E-state index in [1.165, 1.54) is 5.39 Å². The molecule has 1 aromatic heterocycles. The molecular weight excluding hydrogens is 394 g/mol. The lowest BCUT2D eigenvalue weighted by Gasteiger charge is -2.37. The molecule has 2 aromatic carbocycles. The van der Waals surface area contributed by atoms with E-state index in [0.717, 1.165) is 11.1 Å². The van der Waals surface area contributed by atoms with E-state index in [4.69, 9.17) is 9.47 Å². The second kappa shape index (κ2) is 8.34. The fourth-order valence-electron chi connectivity index (χ4n) is 4.26. The van der Waals surface area contributed by atoms with Crippen LogP contribution in [0.25, 0.3) is 10.9 Å². The smallest absolute Gasteiger partial charge is 0.267 e. The molecule has 1 saturated heterocycles. The quantitative estimate of drug-likeness (QED) is 0.706. The number of H-pyrrole nitrogens is 1. The molecule has 0 aliphatic carbocycles. The predicted octanol–water partition coefficient (Wildman–Crippen LogP) is 2.61. The van der Waals surface area contributed by atoms with Gasteiger partial charge in [-0.1, -0.05) is 30.3 Å². The van der Waals surface area contributed by atoms with Gasteiger partial charge in [-0.3, -0.25) is 9.59 Å². The minimum Gasteiger partial charge on any atom is -0.485 e. The third kappa shape index (κ3) is 3.95. The van der Waals surface area contributed by atoms with Crippen LogP contribution < -0.4 is 9.47 Å². The lowest BCUT2D eigenvalue weighted by Crippen LogP contribution is -2.55. The fourth-order valence-corrected chi connectivity index (χ4v) is 4.26. The van der Waals surface area contributed by atoms with Gasteiger partial charge in [-0.05, 0) is 30.2 Å². The number of piperazine rings is 1. The van der Waals surface area contributed by atoms with Gasteiger partial charge in [0.25, 0.3) is 5.91 Å². The first-order valence-electron chi connectivity index (χ1n) is 10.7. The van der Waals surface area contributed by atoms with Crippen molar-refractivity contribution in [2.75, 3.05) is 32.8 Å². The molecule has 5 rings (SSSR count). The molecule has 3 aromatic rings. The molecule has 7 nitrogen and oxygen atoms in total. The van der Waals surface area contributed by atoms with Gasteiger partial charge in [0.2, 0.25) is 12.0 Å². The molecule has 160 valence electrons. The Bertz CT molecular complexity index is 1100. The number of benzene rings is 2. The Morgan fingerprint density at radius 2 is 1.65 bits per heavy atom. The number of ether oxygens (including phenoxy) is 2. The molecule has 1 fully saturated rings. The van der Waals surface area contributed by atoms with E-state index in [1.807, 2.05) is 47.5 Å². The van der Waals surface area contributed by atoms with Gasteiger partial charge in [0.05, 0.1) is 0 Å². The van der Waals surface area contributed by atoms with Crippen LogP contribution >= 0.6 is 0 Å². The molecule has 2 aliphatic rings. The van der Waals surface area contributed by atoms with E-state index in [9.17, 15) is 9.59 Å². The summed E-state index contributed by atoms with van der Waals surface area (Å²) in [5, 5.41) is 1.17. The number of aromatic nitrogens is 1. The number of carbonyl (C=O) groups excluding carboxylic acids is 2. The molecule has 1 N–H and O–H groups in total. The first-order chi connectivity index (χ1) is 15.2. The largest absolute Gasteiger partial charge is 0.485 e. The molecule has 31 heavy (non-hydrogen) atoms. The normalized spacial score (nSPS) is 18.3. The topological polar surface area (TPSA) is 74.9 Å². The van der Waals surface area contributed by atoms with E-state index in [-0.39, 0.29) is 18.4 Å². The molecule has 7 heteroatoms. The van der Waals surface area contributed by atoms with Crippen molar-refractivity contribution in [3.63, 3.8) is 0 Å². The highest BCUT2D eigenvalue weighted by Crippen LogP contribution is 2.31.